The maximum absolute atomic E-state index is 13.7. The topological polar surface area (TPSA) is 37.4 Å². The normalized spacial score (nSPS) is 19.7. The van der Waals surface area contributed by atoms with E-state index in [9.17, 15) is 9.59 Å². The van der Waals surface area contributed by atoms with Gasteiger partial charge in [0.1, 0.15) is 0 Å². The molecule has 1 heterocycles. The van der Waals surface area contributed by atoms with Gasteiger partial charge in [-0.25, -0.2) is 0 Å². The van der Waals surface area contributed by atoms with Crippen LogP contribution in [0.15, 0.2) is 97.1 Å². The molecule has 0 bridgehead atoms. The first-order valence-electron chi connectivity index (χ1n) is 8.58. The zero-order valence-corrected chi connectivity index (χ0v) is 16.0. The van der Waals surface area contributed by atoms with E-state index in [4.69, 9.17) is 0 Å². The van der Waals surface area contributed by atoms with Gasteiger partial charge in [0.2, 0.25) is 0 Å². The fourth-order valence-electron chi connectivity index (χ4n) is 3.25. The number of amides is 1. The maximum atomic E-state index is 13.7. The van der Waals surface area contributed by atoms with Crippen LogP contribution in [0.25, 0.3) is 5.70 Å². The lowest BCUT2D eigenvalue weighted by Crippen LogP contribution is -2.50. The SMILES string of the molecule is O=C1C=C(c2ccccc2)N(c2ccccc2)C(=O)C1(Br)c1ccccc1. The molecule has 27 heavy (non-hydrogen) atoms. The molecule has 3 aromatic carbocycles. The van der Waals surface area contributed by atoms with Crippen molar-refractivity contribution in [3.8, 4) is 0 Å². The van der Waals surface area contributed by atoms with Crippen molar-refractivity contribution in [2.24, 2.45) is 0 Å². The van der Waals surface area contributed by atoms with Crippen LogP contribution in [0, 0.1) is 0 Å². The molecule has 0 radical (unpaired) electrons. The van der Waals surface area contributed by atoms with Crippen molar-refractivity contribution in [3.05, 3.63) is 108 Å². The number of halogens is 1. The summed E-state index contributed by atoms with van der Waals surface area (Å²) in [5.74, 6) is -0.615. The summed E-state index contributed by atoms with van der Waals surface area (Å²) < 4.78 is -1.44. The summed E-state index contributed by atoms with van der Waals surface area (Å²) in [6.07, 6.45) is 1.55. The Bertz CT molecular complexity index is 1020. The van der Waals surface area contributed by atoms with E-state index in [1.54, 1.807) is 23.1 Å². The molecule has 4 rings (SSSR count). The van der Waals surface area contributed by atoms with Crippen molar-refractivity contribution in [1.29, 1.82) is 0 Å². The summed E-state index contributed by atoms with van der Waals surface area (Å²) in [6.45, 7) is 0. The number of anilines is 1. The fraction of sp³-hybridized carbons (Fsp3) is 0.0435. The van der Waals surface area contributed by atoms with Gasteiger partial charge in [-0.3, -0.25) is 14.5 Å². The minimum absolute atomic E-state index is 0.287. The molecule has 1 amide bonds. The van der Waals surface area contributed by atoms with Crippen molar-refractivity contribution in [2.45, 2.75) is 4.32 Å². The van der Waals surface area contributed by atoms with Gasteiger partial charge in [0.25, 0.3) is 5.91 Å². The first kappa shape index (κ1) is 17.4. The predicted octanol–water partition coefficient (Wildman–Crippen LogP) is 4.93. The Labute approximate surface area is 166 Å². The zero-order valence-electron chi connectivity index (χ0n) is 14.4. The molecule has 132 valence electrons. The van der Waals surface area contributed by atoms with Crippen LogP contribution in [-0.4, -0.2) is 11.7 Å². The van der Waals surface area contributed by atoms with Crippen LogP contribution >= 0.6 is 15.9 Å². The van der Waals surface area contributed by atoms with E-state index < -0.39 is 4.32 Å². The lowest BCUT2D eigenvalue weighted by atomic mass is 9.87. The van der Waals surface area contributed by atoms with Crippen molar-refractivity contribution < 1.29 is 9.59 Å². The summed E-state index contributed by atoms with van der Waals surface area (Å²) >= 11 is 3.49. The largest absolute Gasteiger partial charge is 0.292 e. The molecule has 3 aromatic rings. The van der Waals surface area contributed by atoms with E-state index in [1.807, 2.05) is 78.9 Å². The van der Waals surface area contributed by atoms with Crippen molar-refractivity contribution >= 4 is 39.0 Å². The number of alkyl halides is 1. The number of hydrogen-bond acceptors (Lipinski definition) is 2. The maximum Gasteiger partial charge on any atom is 0.261 e. The molecule has 0 fully saturated rings. The number of hydrogen-bond donors (Lipinski definition) is 0. The monoisotopic (exact) mass is 417 g/mol. The number of para-hydroxylation sites is 1. The Kier molecular flexibility index (Phi) is 4.50. The molecule has 0 saturated heterocycles. The molecule has 1 aliphatic heterocycles. The Balaban J connectivity index is 1.94. The van der Waals surface area contributed by atoms with Gasteiger partial charge in [0.15, 0.2) is 10.1 Å². The number of ketones is 1. The van der Waals surface area contributed by atoms with Gasteiger partial charge < -0.3 is 0 Å². The third-order valence-corrected chi connectivity index (χ3v) is 5.79. The van der Waals surface area contributed by atoms with E-state index in [1.165, 1.54) is 0 Å². The van der Waals surface area contributed by atoms with Gasteiger partial charge in [0.05, 0.1) is 5.70 Å². The molecular formula is C23H16BrNO2. The smallest absolute Gasteiger partial charge is 0.261 e. The predicted molar refractivity (Wildman–Crippen MR) is 110 cm³/mol. The highest BCUT2D eigenvalue weighted by molar-refractivity contribution is 9.10. The first-order chi connectivity index (χ1) is 13.1. The average Bonchev–Trinajstić information content (AvgIpc) is 2.73. The van der Waals surface area contributed by atoms with Crippen LogP contribution in [0.3, 0.4) is 0 Å². The van der Waals surface area contributed by atoms with Gasteiger partial charge in [-0.2, -0.15) is 0 Å². The quantitative estimate of drug-likeness (QED) is 0.447. The van der Waals surface area contributed by atoms with Crippen LogP contribution in [0.2, 0.25) is 0 Å². The van der Waals surface area contributed by atoms with Gasteiger partial charge in [-0.15, -0.1) is 0 Å². The summed E-state index contributed by atoms with van der Waals surface area (Å²) in [5.41, 5.74) is 2.71. The van der Waals surface area contributed by atoms with Crippen molar-refractivity contribution in [3.63, 3.8) is 0 Å². The fourth-order valence-corrected chi connectivity index (χ4v) is 3.80. The van der Waals surface area contributed by atoms with Gasteiger partial charge in [-0.1, -0.05) is 94.8 Å². The summed E-state index contributed by atoms with van der Waals surface area (Å²) in [7, 11) is 0. The van der Waals surface area contributed by atoms with Crippen LogP contribution in [-0.2, 0) is 13.9 Å². The minimum Gasteiger partial charge on any atom is -0.292 e. The van der Waals surface area contributed by atoms with E-state index in [0.29, 0.717) is 16.9 Å². The molecule has 0 spiro atoms. The van der Waals surface area contributed by atoms with E-state index in [2.05, 4.69) is 15.9 Å². The van der Waals surface area contributed by atoms with Gasteiger partial charge >= 0.3 is 0 Å². The average molecular weight is 418 g/mol. The van der Waals surface area contributed by atoms with Crippen LogP contribution in [0.4, 0.5) is 5.69 Å². The molecule has 1 unspecified atom stereocenters. The number of carbonyl (C=O) groups is 2. The Morgan fingerprint density at radius 1 is 0.704 bits per heavy atom. The number of carbonyl (C=O) groups excluding carboxylic acids is 2. The second kappa shape index (κ2) is 6.97. The minimum atomic E-state index is -1.44. The van der Waals surface area contributed by atoms with E-state index in [-0.39, 0.29) is 11.7 Å². The number of allylic oxidation sites excluding steroid dienone is 1. The number of benzene rings is 3. The molecular weight excluding hydrogens is 402 g/mol. The molecule has 0 N–H and O–H groups in total. The lowest BCUT2D eigenvalue weighted by molar-refractivity contribution is -0.128. The molecule has 3 nitrogen and oxygen atoms in total. The second-order valence-electron chi connectivity index (χ2n) is 6.26. The van der Waals surface area contributed by atoms with Crippen LogP contribution in [0.1, 0.15) is 11.1 Å². The highest BCUT2D eigenvalue weighted by Crippen LogP contribution is 2.43. The standard InChI is InChI=1S/C23H16BrNO2/c24-23(18-12-6-2-7-13-18)21(26)16-20(17-10-4-1-5-11-17)25(22(23)27)19-14-8-3-9-15-19/h1-16H. The van der Waals surface area contributed by atoms with E-state index >= 15 is 0 Å². The Morgan fingerprint density at radius 3 is 1.81 bits per heavy atom. The summed E-state index contributed by atoms with van der Waals surface area (Å²) in [5, 5.41) is 0. The molecule has 1 aliphatic rings. The highest BCUT2D eigenvalue weighted by atomic mass is 79.9. The molecule has 4 heteroatoms. The molecule has 1 atom stereocenters. The first-order valence-corrected chi connectivity index (χ1v) is 9.37. The Morgan fingerprint density at radius 2 is 1.22 bits per heavy atom. The van der Waals surface area contributed by atoms with Crippen molar-refractivity contribution in [2.75, 3.05) is 4.90 Å². The number of rotatable bonds is 3. The molecule has 0 aliphatic carbocycles. The number of nitrogens with zero attached hydrogens (tertiary/aromatic N) is 1. The lowest BCUT2D eigenvalue weighted by Gasteiger charge is -2.37. The van der Waals surface area contributed by atoms with Crippen LogP contribution < -0.4 is 4.90 Å². The summed E-state index contributed by atoms with van der Waals surface area (Å²) in [4.78, 5) is 28.4. The zero-order chi connectivity index (χ0) is 18.9. The highest BCUT2D eigenvalue weighted by Gasteiger charge is 2.50. The van der Waals surface area contributed by atoms with Gasteiger partial charge in [0, 0.05) is 11.8 Å². The Hall–Kier alpha value is -2.98. The molecule has 0 aromatic heterocycles. The van der Waals surface area contributed by atoms with Gasteiger partial charge in [-0.05, 0) is 23.3 Å². The summed E-state index contributed by atoms with van der Waals surface area (Å²) in [6, 6.07) is 27.9. The third-order valence-electron chi connectivity index (χ3n) is 4.60. The van der Waals surface area contributed by atoms with Crippen molar-refractivity contribution in [1.82, 2.24) is 0 Å². The molecule has 0 saturated carbocycles. The third kappa shape index (κ3) is 2.92. The van der Waals surface area contributed by atoms with Crippen LogP contribution in [0.5, 0.6) is 0 Å². The van der Waals surface area contributed by atoms with E-state index in [0.717, 1.165) is 5.56 Å². The second-order valence-corrected chi connectivity index (χ2v) is 7.45.